The molecule has 1 aromatic rings. The lowest BCUT2D eigenvalue weighted by Gasteiger charge is -2.24. The summed E-state index contributed by atoms with van der Waals surface area (Å²) in [5.74, 6) is -1.63. The molecule has 1 unspecified atom stereocenters. The molecule has 0 aliphatic carbocycles. The second-order valence-electron chi connectivity index (χ2n) is 5.34. The third kappa shape index (κ3) is 3.83. The predicted molar refractivity (Wildman–Crippen MR) is 79.4 cm³/mol. The van der Waals surface area contributed by atoms with E-state index >= 15 is 0 Å². The molecule has 0 radical (unpaired) electrons. The van der Waals surface area contributed by atoms with Crippen molar-refractivity contribution in [1.82, 2.24) is 4.90 Å². The van der Waals surface area contributed by atoms with Crippen LogP contribution in [0.1, 0.15) is 18.4 Å². The summed E-state index contributed by atoms with van der Waals surface area (Å²) < 4.78 is 22.7. The first-order valence-electron chi connectivity index (χ1n) is 6.87. The van der Waals surface area contributed by atoms with Gasteiger partial charge in [-0.2, -0.15) is 0 Å². The molecule has 1 aliphatic heterocycles. The van der Waals surface area contributed by atoms with Crippen molar-refractivity contribution in [1.29, 1.82) is 0 Å². The summed E-state index contributed by atoms with van der Waals surface area (Å²) >= 11 is 0. The van der Waals surface area contributed by atoms with Crippen LogP contribution >= 0.6 is 0 Å². The van der Waals surface area contributed by atoms with E-state index in [2.05, 4.69) is 0 Å². The van der Waals surface area contributed by atoms with E-state index in [0.717, 1.165) is 10.5 Å². The van der Waals surface area contributed by atoms with Gasteiger partial charge in [0.05, 0.1) is 0 Å². The molecule has 2 rings (SSSR count). The number of nitrogens with two attached hydrogens (primary N) is 1. The monoisotopic (exact) mass is 326 g/mol. The number of nitrogens with zero attached hydrogens (tertiary/aromatic N) is 1. The number of aliphatic carboxylic acids is 1. The van der Waals surface area contributed by atoms with E-state index in [1.807, 2.05) is 30.3 Å². The van der Waals surface area contributed by atoms with Gasteiger partial charge in [0, 0.05) is 13.0 Å². The molecule has 0 aromatic heterocycles. The molecular weight excluding hydrogens is 308 g/mol. The first-order valence-corrected chi connectivity index (χ1v) is 8.48. The fraction of sp³-hybridized carbons (Fsp3) is 0.429. The number of rotatable bonds is 6. The highest BCUT2D eigenvalue weighted by atomic mass is 32.2. The average molecular weight is 326 g/mol. The van der Waals surface area contributed by atoms with Crippen molar-refractivity contribution >= 4 is 21.9 Å². The molecule has 1 amide bonds. The van der Waals surface area contributed by atoms with E-state index in [1.165, 1.54) is 0 Å². The summed E-state index contributed by atoms with van der Waals surface area (Å²) in [5.41, 5.74) is 0.961. The molecule has 7 nitrogen and oxygen atoms in total. The Morgan fingerprint density at radius 3 is 2.50 bits per heavy atom. The molecular formula is C14H18N2O5S. The van der Waals surface area contributed by atoms with Crippen molar-refractivity contribution < 1.29 is 23.1 Å². The Morgan fingerprint density at radius 1 is 1.36 bits per heavy atom. The number of primary sulfonamides is 1. The van der Waals surface area contributed by atoms with E-state index in [9.17, 15) is 23.1 Å². The van der Waals surface area contributed by atoms with Crippen LogP contribution in [-0.4, -0.2) is 48.1 Å². The average Bonchev–Trinajstić information content (AvgIpc) is 2.82. The molecule has 0 saturated carbocycles. The second kappa shape index (κ2) is 6.45. The number of sulfonamides is 1. The molecule has 1 fully saturated rings. The summed E-state index contributed by atoms with van der Waals surface area (Å²) in [6, 6.07) is 8.26. The molecule has 22 heavy (non-hydrogen) atoms. The molecule has 8 heteroatoms. The van der Waals surface area contributed by atoms with Crippen molar-refractivity contribution in [3.05, 3.63) is 35.9 Å². The number of carboxylic acids is 1. The van der Waals surface area contributed by atoms with Crippen LogP contribution in [0.4, 0.5) is 0 Å². The number of carbonyl (C=O) groups is 2. The fourth-order valence-corrected chi connectivity index (χ4v) is 3.32. The van der Waals surface area contributed by atoms with Crippen LogP contribution in [0.5, 0.6) is 0 Å². The number of likely N-dealkylation sites (tertiary alicyclic amines) is 1. The van der Waals surface area contributed by atoms with Crippen LogP contribution in [-0.2, 0) is 26.0 Å². The quantitative estimate of drug-likeness (QED) is 0.760. The molecule has 1 aliphatic rings. The van der Waals surface area contributed by atoms with Crippen LogP contribution in [0.3, 0.4) is 0 Å². The Kier molecular flexibility index (Phi) is 4.82. The zero-order valence-corrected chi connectivity index (χ0v) is 12.7. The van der Waals surface area contributed by atoms with Crippen molar-refractivity contribution in [3.63, 3.8) is 0 Å². The van der Waals surface area contributed by atoms with Crippen LogP contribution in [0, 0.1) is 0 Å². The minimum Gasteiger partial charge on any atom is -0.480 e. The normalized spacial score (nSPS) is 20.1. The first-order chi connectivity index (χ1) is 10.3. The number of benzene rings is 1. The summed E-state index contributed by atoms with van der Waals surface area (Å²) in [5, 5.41) is 13.4. The van der Waals surface area contributed by atoms with E-state index in [1.54, 1.807) is 0 Å². The molecule has 1 saturated heterocycles. The van der Waals surface area contributed by atoms with Crippen LogP contribution in [0.2, 0.25) is 0 Å². The van der Waals surface area contributed by atoms with Gasteiger partial charge in [-0.15, -0.1) is 0 Å². The smallest absolute Gasteiger partial charge is 0.326 e. The fourth-order valence-electron chi connectivity index (χ4n) is 2.58. The van der Waals surface area contributed by atoms with Gasteiger partial charge in [0.2, 0.25) is 15.9 Å². The molecule has 3 N–H and O–H groups in total. The summed E-state index contributed by atoms with van der Waals surface area (Å²) in [4.78, 5) is 24.5. The van der Waals surface area contributed by atoms with Crippen LogP contribution < -0.4 is 5.14 Å². The number of hydrogen-bond donors (Lipinski definition) is 2. The van der Waals surface area contributed by atoms with Gasteiger partial charge in [0.25, 0.3) is 0 Å². The van der Waals surface area contributed by atoms with E-state index in [0.29, 0.717) is 6.42 Å². The van der Waals surface area contributed by atoms with Gasteiger partial charge >= 0.3 is 5.97 Å². The SMILES string of the molecule is NS(=O)(=O)C1CC(=O)N([C@@H](CCc2ccccc2)C(=O)O)C1. The second-order valence-corrected chi connectivity index (χ2v) is 7.18. The van der Waals surface area contributed by atoms with E-state index < -0.39 is 33.2 Å². The maximum Gasteiger partial charge on any atom is 0.326 e. The van der Waals surface area contributed by atoms with Crippen molar-refractivity contribution in [2.75, 3.05) is 6.54 Å². The van der Waals surface area contributed by atoms with Crippen molar-refractivity contribution in [2.45, 2.75) is 30.6 Å². The number of carbonyl (C=O) groups excluding carboxylic acids is 1. The van der Waals surface area contributed by atoms with Crippen molar-refractivity contribution in [2.24, 2.45) is 5.14 Å². The summed E-state index contributed by atoms with van der Waals surface area (Å²) in [6.07, 6.45) is 0.456. The standard InChI is InChI=1S/C14H18N2O5S/c15-22(20,21)11-8-13(17)16(9-11)12(14(18)19)7-6-10-4-2-1-3-5-10/h1-5,11-12H,6-9H2,(H,18,19)(H2,15,20,21)/t11?,12-/m0/s1. The Hall–Kier alpha value is -1.93. The topological polar surface area (TPSA) is 118 Å². The highest BCUT2D eigenvalue weighted by Gasteiger charge is 2.41. The number of hydrogen-bond acceptors (Lipinski definition) is 4. The summed E-state index contributed by atoms with van der Waals surface area (Å²) in [6.45, 7) is -0.163. The van der Waals surface area contributed by atoms with E-state index in [-0.39, 0.29) is 19.4 Å². The Bertz CT molecular complexity index is 659. The Balaban J connectivity index is 2.08. The maximum atomic E-state index is 11.9. The third-order valence-electron chi connectivity index (χ3n) is 3.80. The predicted octanol–water partition coefficient (Wildman–Crippen LogP) is -0.0382. The molecule has 0 bridgehead atoms. The van der Waals surface area contributed by atoms with Gasteiger partial charge in [-0.1, -0.05) is 30.3 Å². The number of amides is 1. The van der Waals surface area contributed by atoms with Gasteiger partial charge < -0.3 is 10.0 Å². The minimum atomic E-state index is -3.85. The lowest BCUT2D eigenvalue weighted by molar-refractivity contribution is -0.148. The highest BCUT2D eigenvalue weighted by Crippen LogP contribution is 2.21. The van der Waals surface area contributed by atoms with Crippen LogP contribution in [0.25, 0.3) is 0 Å². The molecule has 0 spiro atoms. The lowest BCUT2D eigenvalue weighted by atomic mass is 10.0. The van der Waals surface area contributed by atoms with Crippen molar-refractivity contribution in [3.8, 4) is 0 Å². The zero-order chi connectivity index (χ0) is 16.3. The number of carboxylic acid groups (broad SMARTS) is 1. The van der Waals surface area contributed by atoms with Gasteiger partial charge in [-0.3, -0.25) is 4.79 Å². The largest absolute Gasteiger partial charge is 0.480 e. The minimum absolute atomic E-state index is 0.163. The first kappa shape index (κ1) is 16.4. The Labute approximate surface area is 128 Å². The molecule has 120 valence electrons. The Morgan fingerprint density at radius 2 is 2.00 bits per heavy atom. The molecule has 1 aromatic carbocycles. The van der Waals surface area contributed by atoms with Crippen LogP contribution in [0.15, 0.2) is 30.3 Å². The van der Waals surface area contributed by atoms with Gasteiger partial charge in [-0.25, -0.2) is 18.4 Å². The summed E-state index contributed by atoms with van der Waals surface area (Å²) in [7, 11) is -3.85. The molecule has 1 heterocycles. The molecule has 2 atom stereocenters. The number of aryl methyl sites for hydroxylation is 1. The van der Waals surface area contributed by atoms with Gasteiger partial charge in [0.15, 0.2) is 0 Å². The third-order valence-corrected chi connectivity index (χ3v) is 5.04. The van der Waals surface area contributed by atoms with Gasteiger partial charge in [-0.05, 0) is 18.4 Å². The maximum absolute atomic E-state index is 11.9. The highest BCUT2D eigenvalue weighted by molar-refractivity contribution is 7.89. The zero-order valence-electron chi connectivity index (χ0n) is 11.9. The lowest BCUT2D eigenvalue weighted by Crippen LogP contribution is -2.43. The van der Waals surface area contributed by atoms with E-state index in [4.69, 9.17) is 5.14 Å². The van der Waals surface area contributed by atoms with Gasteiger partial charge in [0.1, 0.15) is 11.3 Å².